The molecule has 0 saturated heterocycles. The number of carbonyl (C=O) groups is 2. The Labute approximate surface area is 115 Å². The van der Waals surface area contributed by atoms with Crippen LogP contribution in [-0.4, -0.2) is 46.6 Å². The van der Waals surface area contributed by atoms with Gasteiger partial charge in [0.25, 0.3) is 0 Å². The van der Waals surface area contributed by atoms with Crippen molar-refractivity contribution >= 4 is 11.9 Å². The van der Waals surface area contributed by atoms with E-state index in [1.54, 1.807) is 13.8 Å². The van der Waals surface area contributed by atoms with Crippen molar-refractivity contribution in [2.75, 3.05) is 13.1 Å². The first kappa shape index (κ1) is 16.0. The van der Waals surface area contributed by atoms with Crippen molar-refractivity contribution in [1.29, 1.82) is 0 Å². The van der Waals surface area contributed by atoms with Crippen LogP contribution in [0.5, 0.6) is 0 Å². The molecule has 0 aromatic heterocycles. The standard InChI is InChI=1S/C14H26N2O3/c1-6-16(10-7-8-10)11(17)9-15-14(4,5)13(2,3)12(18)19/h10,15H,6-9H2,1-5H3,(H,18,19). The van der Waals surface area contributed by atoms with Gasteiger partial charge in [-0.25, -0.2) is 0 Å². The number of carboxylic acids is 1. The lowest BCUT2D eigenvalue weighted by atomic mass is 9.74. The molecule has 0 aromatic rings. The Morgan fingerprint density at radius 1 is 1.26 bits per heavy atom. The van der Waals surface area contributed by atoms with Crippen LogP contribution >= 0.6 is 0 Å². The van der Waals surface area contributed by atoms with Gasteiger partial charge in [0, 0.05) is 18.1 Å². The first-order chi connectivity index (χ1) is 8.63. The van der Waals surface area contributed by atoms with Gasteiger partial charge >= 0.3 is 5.97 Å². The molecule has 1 amide bonds. The Morgan fingerprint density at radius 2 is 1.79 bits per heavy atom. The third-order valence-electron chi connectivity index (χ3n) is 4.43. The van der Waals surface area contributed by atoms with Gasteiger partial charge in [0.15, 0.2) is 0 Å². The molecule has 1 rings (SSSR count). The van der Waals surface area contributed by atoms with Gasteiger partial charge in [-0.2, -0.15) is 0 Å². The second kappa shape index (κ2) is 5.49. The fourth-order valence-corrected chi connectivity index (χ4v) is 1.91. The summed E-state index contributed by atoms with van der Waals surface area (Å²) in [5.74, 6) is -0.814. The molecule has 1 aliphatic carbocycles. The van der Waals surface area contributed by atoms with Gasteiger partial charge in [-0.05, 0) is 47.5 Å². The number of hydrogen-bond donors (Lipinski definition) is 2. The molecule has 0 aliphatic heterocycles. The van der Waals surface area contributed by atoms with E-state index >= 15 is 0 Å². The maximum absolute atomic E-state index is 12.1. The summed E-state index contributed by atoms with van der Waals surface area (Å²) >= 11 is 0. The molecule has 0 bridgehead atoms. The van der Waals surface area contributed by atoms with E-state index in [9.17, 15) is 14.7 Å². The third kappa shape index (κ3) is 3.47. The number of rotatable bonds is 7. The van der Waals surface area contributed by atoms with Crippen molar-refractivity contribution in [3.8, 4) is 0 Å². The number of nitrogens with zero attached hydrogens (tertiary/aromatic N) is 1. The second-order valence-electron chi connectivity index (χ2n) is 6.32. The van der Waals surface area contributed by atoms with Crippen LogP contribution in [0.15, 0.2) is 0 Å². The van der Waals surface area contributed by atoms with Crippen molar-refractivity contribution in [1.82, 2.24) is 10.2 Å². The largest absolute Gasteiger partial charge is 0.481 e. The molecule has 0 heterocycles. The van der Waals surface area contributed by atoms with E-state index in [-0.39, 0.29) is 12.5 Å². The molecule has 0 radical (unpaired) electrons. The number of amides is 1. The molecule has 1 fully saturated rings. The normalized spacial score (nSPS) is 16.3. The second-order valence-corrected chi connectivity index (χ2v) is 6.32. The minimum atomic E-state index is -0.941. The lowest BCUT2D eigenvalue weighted by Gasteiger charge is -2.39. The maximum Gasteiger partial charge on any atom is 0.310 e. The van der Waals surface area contributed by atoms with Gasteiger partial charge in [-0.15, -0.1) is 0 Å². The van der Waals surface area contributed by atoms with Gasteiger partial charge < -0.3 is 15.3 Å². The molecule has 1 saturated carbocycles. The highest BCUT2D eigenvalue weighted by molar-refractivity contribution is 5.79. The first-order valence-electron chi connectivity index (χ1n) is 6.91. The van der Waals surface area contributed by atoms with Crippen LogP contribution in [0.4, 0.5) is 0 Å². The Morgan fingerprint density at radius 3 is 2.16 bits per heavy atom. The van der Waals surface area contributed by atoms with Gasteiger partial charge in [0.1, 0.15) is 0 Å². The number of nitrogens with one attached hydrogen (secondary N) is 1. The predicted molar refractivity (Wildman–Crippen MR) is 73.9 cm³/mol. The summed E-state index contributed by atoms with van der Waals surface area (Å²) < 4.78 is 0. The maximum atomic E-state index is 12.1. The lowest BCUT2D eigenvalue weighted by Crippen LogP contribution is -2.57. The van der Waals surface area contributed by atoms with E-state index in [1.807, 2.05) is 25.7 Å². The molecule has 0 unspecified atom stereocenters. The topological polar surface area (TPSA) is 69.6 Å². The van der Waals surface area contributed by atoms with E-state index in [4.69, 9.17) is 0 Å². The van der Waals surface area contributed by atoms with Gasteiger partial charge in [-0.1, -0.05) is 0 Å². The molecule has 0 atom stereocenters. The quantitative estimate of drug-likeness (QED) is 0.735. The van der Waals surface area contributed by atoms with Crippen molar-refractivity contribution < 1.29 is 14.7 Å². The Kier molecular flexibility index (Phi) is 4.61. The van der Waals surface area contributed by atoms with E-state index in [0.717, 1.165) is 12.8 Å². The van der Waals surface area contributed by atoms with Crippen LogP contribution in [-0.2, 0) is 9.59 Å². The van der Waals surface area contributed by atoms with Crippen molar-refractivity contribution in [2.45, 2.75) is 59.0 Å². The minimum absolute atomic E-state index is 0.0549. The van der Waals surface area contributed by atoms with Crippen molar-refractivity contribution in [3.05, 3.63) is 0 Å². The van der Waals surface area contributed by atoms with E-state index in [0.29, 0.717) is 12.6 Å². The Hall–Kier alpha value is -1.10. The van der Waals surface area contributed by atoms with Gasteiger partial charge in [0.05, 0.1) is 12.0 Å². The molecule has 0 aromatic carbocycles. The highest BCUT2D eigenvalue weighted by Gasteiger charge is 2.43. The molecule has 110 valence electrons. The van der Waals surface area contributed by atoms with Crippen LogP contribution < -0.4 is 5.32 Å². The number of hydrogen-bond acceptors (Lipinski definition) is 3. The van der Waals surface area contributed by atoms with Crippen LogP contribution in [0, 0.1) is 5.41 Å². The fraction of sp³-hybridized carbons (Fsp3) is 0.857. The summed E-state index contributed by atoms with van der Waals surface area (Å²) in [7, 11) is 0. The average molecular weight is 270 g/mol. The zero-order chi connectivity index (χ0) is 14.8. The van der Waals surface area contributed by atoms with E-state index in [2.05, 4.69) is 5.32 Å². The Bertz CT molecular complexity index is 360. The molecule has 1 aliphatic rings. The smallest absolute Gasteiger partial charge is 0.310 e. The highest BCUT2D eigenvalue weighted by atomic mass is 16.4. The molecule has 5 heteroatoms. The number of aliphatic carboxylic acids is 1. The molecule has 19 heavy (non-hydrogen) atoms. The third-order valence-corrected chi connectivity index (χ3v) is 4.43. The monoisotopic (exact) mass is 270 g/mol. The summed E-state index contributed by atoms with van der Waals surface area (Å²) in [4.78, 5) is 25.3. The van der Waals surface area contributed by atoms with E-state index < -0.39 is 16.9 Å². The van der Waals surface area contributed by atoms with Gasteiger partial charge in [-0.3, -0.25) is 9.59 Å². The molecule has 2 N–H and O–H groups in total. The zero-order valence-electron chi connectivity index (χ0n) is 12.6. The van der Waals surface area contributed by atoms with Crippen LogP contribution in [0.2, 0.25) is 0 Å². The minimum Gasteiger partial charge on any atom is -0.481 e. The summed E-state index contributed by atoms with van der Waals surface area (Å²) in [5.41, 5.74) is -1.60. The average Bonchev–Trinajstić information content (AvgIpc) is 3.11. The highest BCUT2D eigenvalue weighted by Crippen LogP contribution is 2.31. The van der Waals surface area contributed by atoms with Crippen molar-refractivity contribution in [3.63, 3.8) is 0 Å². The SMILES string of the molecule is CCN(C(=O)CNC(C)(C)C(C)(C)C(=O)O)C1CC1. The summed E-state index contributed by atoms with van der Waals surface area (Å²) in [6.07, 6.45) is 2.17. The van der Waals surface area contributed by atoms with E-state index in [1.165, 1.54) is 0 Å². The van der Waals surface area contributed by atoms with Crippen LogP contribution in [0.25, 0.3) is 0 Å². The molecule has 5 nitrogen and oxygen atoms in total. The van der Waals surface area contributed by atoms with Crippen LogP contribution in [0.3, 0.4) is 0 Å². The number of carbonyl (C=O) groups excluding carboxylic acids is 1. The molecular formula is C14H26N2O3. The fourth-order valence-electron chi connectivity index (χ4n) is 1.91. The lowest BCUT2D eigenvalue weighted by molar-refractivity contribution is -0.151. The summed E-state index contributed by atoms with van der Waals surface area (Å²) in [6.45, 7) is 9.87. The summed E-state index contributed by atoms with van der Waals surface area (Å²) in [5, 5.41) is 12.4. The first-order valence-corrected chi connectivity index (χ1v) is 6.91. The van der Waals surface area contributed by atoms with Crippen LogP contribution in [0.1, 0.15) is 47.5 Å². The molecular weight excluding hydrogens is 244 g/mol. The molecule has 0 spiro atoms. The van der Waals surface area contributed by atoms with Gasteiger partial charge in [0.2, 0.25) is 5.91 Å². The summed E-state index contributed by atoms with van der Waals surface area (Å²) in [6, 6.07) is 0.398. The predicted octanol–water partition coefficient (Wildman–Crippen LogP) is 1.48. The van der Waals surface area contributed by atoms with Crippen molar-refractivity contribution in [2.24, 2.45) is 5.41 Å². The number of likely N-dealkylation sites (N-methyl/N-ethyl adjacent to an activating group) is 1. The zero-order valence-corrected chi connectivity index (χ0v) is 12.6. The number of carboxylic acid groups (broad SMARTS) is 1. The Balaban J connectivity index is 2.59.